The minimum Gasteiger partial charge on any atom is -0.396 e. The van der Waals surface area contributed by atoms with Crippen molar-refractivity contribution in [1.82, 2.24) is 0 Å². The molecule has 0 aliphatic carbocycles. The summed E-state index contributed by atoms with van der Waals surface area (Å²) in [6.45, 7) is 2.59. The van der Waals surface area contributed by atoms with Gasteiger partial charge in [-0.1, -0.05) is 83.3 Å². The summed E-state index contributed by atoms with van der Waals surface area (Å²) in [5.41, 5.74) is 0. The molecule has 0 aliphatic rings. The Kier molecular flexibility index (Phi) is 19.4. The van der Waals surface area contributed by atoms with Gasteiger partial charge in [-0.05, 0) is 38.5 Å². The van der Waals surface area contributed by atoms with E-state index in [4.69, 9.17) is 5.11 Å². The SMILES string of the molecule is CCCCCCCC/C=C\CCCCCCC[CH]CCO. The van der Waals surface area contributed by atoms with Gasteiger partial charge in [0.1, 0.15) is 0 Å². The van der Waals surface area contributed by atoms with Crippen molar-refractivity contribution < 1.29 is 5.11 Å². The van der Waals surface area contributed by atoms with Crippen LogP contribution in [0.25, 0.3) is 0 Å². The Balaban J connectivity index is 3.02. The van der Waals surface area contributed by atoms with Crippen molar-refractivity contribution in [3.8, 4) is 0 Å². The molecule has 0 aromatic carbocycles. The molecule has 0 rings (SSSR count). The Morgan fingerprint density at radius 1 is 0.571 bits per heavy atom. The van der Waals surface area contributed by atoms with Crippen LogP contribution >= 0.6 is 0 Å². The number of aliphatic hydroxyl groups is 1. The van der Waals surface area contributed by atoms with E-state index in [0.29, 0.717) is 6.61 Å². The highest BCUT2D eigenvalue weighted by Crippen LogP contribution is 2.10. The molecule has 0 saturated heterocycles. The van der Waals surface area contributed by atoms with Crippen LogP contribution in [0, 0.1) is 6.42 Å². The Morgan fingerprint density at radius 3 is 1.57 bits per heavy atom. The number of hydrogen-bond donors (Lipinski definition) is 1. The fraction of sp³-hybridized carbons (Fsp3) is 0.850. The number of hydrogen-bond acceptors (Lipinski definition) is 1. The first-order valence-corrected chi connectivity index (χ1v) is 9.49. The first kappa shape index (κ1) is 20.7. The molecule has 0 bridgehead atoms. The van der Waals surface area contributed by atoms with Crippen molar-refractivity contribution >= 4 is 0 Å². The third-order valence-corrected chi connectivity index (χ3v) is 4.00. The molecule has 21 heavy (non-hydrogen) atoms. The van der Waals surface area contributed by atoms with E-state index in [1.807, 2.05) is 0 Å². The Morgan fingerprint density at radius 2 is 1.05 bits per heavy atom. The molecule has 0 aromatic heterocycles. The Bertz CT molecular complexity index is 198. The van der Waals surface area contributed by atoms with Gasteiger partial charge in [0, 0.05) is 6.61 Å². The van der Waals surface area contributed by atoms with E-state index in [1.54, 1.807) is 0 Å². The largest absolute Gasteiger partial charge is 0.396 e. The molecule has 0 atom stereocenters. The van der Waals surface area contributed by atoms with Crippen molar-refractivity contribution in [3.05, 3.63) is 18.6 Å². The molecule has 0 heterocycles. The summed E-state index contributed by atoms with van der Waals surface area (Å²) < 4.78 is 0. The molecule has 0 unspecified atom stereocenters. The zero-order valence-corrected chi connectivity index (χ0v) is 14.5. The zero-order valence-electron chi connectivity index (χ0n) is 14.5. The monoisotopic (exact) mass is 295 g/mol. The van der Waals surface area contributed by atoms with E-state index in [2.05, 4.69) is 25.5 Å². The van der Waals surface area contributed by atoms with Gasteiger partial charge in [0.15, 0.2) is 0 Å². The van der Waals surface area contributed by atoms with Gasteiger partial charge in [0.25, 0.3) is 0 Å². The molecule has 0 aromatic rings. The molecular formula is C20H39O. The highest BCUT2D eigenvalue weighted by Gasteiger charge is 1.92. The maximum absolute atomic E-state index is 8.65. The number of allylic oxidation sites excluding steroid dienone is 2. The highest BCUT2D eigenvalue weighted by molar-refractivity contribution is 4.81. The van der Waals surface area contributed by atoms with E-state index in [0.717, 1.165) is 6.42 Å². The van der Waals surface area contributed by atoms with Crippen LogP contribution in [0.3, 0.4) is 0 Å². The smallest absolute Gasteiger partial charge is 0.0433 e. The first-order valence-electron chi connectivity index (χ1n) is 9.49. The summed E-state index contributed by atoms with van der Waals surface area (Å²) in [6, 6.07) is 0. The normalized spacial score (nSPS) is 11.5. The molecule has 1 N–H and O–H groups in total. The standard InChI is InChI=1S/C20H39O/c1-2-3-4-5-6-7-8-9-10-11-12-13-14-15-16-17-18-19-20-21/h9-10,18,21H,2-8,11-17,19-20H2,1H3/b10-9-. The van der Waals surface area contributed by atoms with Crippen LogP contribution in [0.15, 0.2) is 12.2 Å². The van der Waals surface area contributed by atoms with E-state index in [1.165, 1.54) is 89.9 Å². The average Bonchev–Trinajstić information content (AvgIpc) is 2.50. The average molecular weight is 296 g/mol. The fourth-order valence-corrected chi connectivity index (χ4v) is 2.60. The van der Waals surface area contributed by atoms with Crippen molar-refractivity contribution in [3.63, 3.8) is 0 Å². The highest BCUT2D eigenvalue weighted by atomic mass is 16.2. The molecular weight excluding hydrogens is 256 g/mol. The van der Waals surface area contributed by atoms with Gasteiger partial charge in [-0.25, -0.2) is 0 Å². The van der Waals surface area contributed by atoms with Crippen LogP contribution < -0.4 is 0 Å². The minimum absolute atomic E-state index is 0.311. The van der Waals surface area contributed by atoms with E-state index in [-0.39, 0.29) is 0 Å². The second kappa shape index (κ2) is 19.7. The van der Waals surface area contributed by atoms with Gasteiger partial charge in [-0.15, -0.1) is 0 Å². The van der Waals surface area contributed by atoms with Gasteiger partial charge < -0.3 is 5.11 Å². The maximum Gasteiger partial charge on any atom is 0.0433 e. The van der Waals surface area contributed by atoms with Gasteiger partial charge in [0.2, 0.25) is 0 Å². The van der Waals surface area contributed by atoms with Gasteiger partial charge in [-0.3, -0.25) is 0 Å². The Labute approximate surface area is 134 Å². The predicted molar refractivity (Wildman–Crippen MR) is 95.5 cm³/mol. The molecule has 0 amide bonds. The van der Waals surface area contributed by atoms with Crippen LogP contribution in [0.2, 0.25) is 0 Å². The number of rotatable bonds is 17. The lowest BCUT2D eigenvalue weighted by Crippen LogP contribution is -1.85. The third kappa shape index (κ3) is 19.7. The lowest BCUT2D eigenvalue weighted by Gasteiger charge is -2.00. The molecule has 0 fully saturated rings. The predicted octanol–water partition coefficient (Wildman–Crippen LogP) is 6.61. The van der Waals surface area contributed by atoms with Crippen molar-refractivity contribution in [2.45, 2.75) is 103 Å². The molecule has 0 aliphatic heterocycles. The lowest BCUT2D eigenvalue weighted by molar-refractivity contribution is 0.296. The van der Waals surface area contributed by atoms with Crippen LogP contribution in [0.4, 0.5) is 0 Å². The molecule has 125 valence electrons. The Hall–Kier alpha value is -0.300. The van der Waals surface area contributed by atoms with E-state index < -0.39 is 0 Å². The second-order valence-electron chi connectivity index (χ2n) is 6.17. The van der Waals surface area contributed by atoms with Crippen LogP contribution in [0.1, 0.15) is 103 Å². The van der Waals surface area contributed by atoms with Gasteiger partial charge in [0.05, 0.1) is 0 Å². The fourth-order valence-electron chi connectivity index (χ4n) is 2.60. The van der Waals surface area contributed by atoms with Crippen molar-refractivity contribution in [1.29, 1.82) is 0 Å². The van der Waals surface area contributed by atoms with Gasteiger partial charge in [-0.2, -0.15) is 0 Å². The summed E-state index contributed by atoms with van der Waals surface area (Å²) in [5, 5.41) is 8.65. The van der Waals surface area contributed by atoms with Crippen molar-refractivity contribution in [2.24, 2.45) is 0 Å². The molecule has 0 saturated carbocycles. The molecule has 0 spiro atoms. The third-order valence-electron chi connectivity index (χ3n) is 4.00. The maximum atomic E-state index is 8.65. The number of aliphatic hydroxyl groups excluding tert-OH is 1. The molecule has 1 heteroatoms. The second-order valence-corrected chi connectivity index (χ2v) is 6.17. The first-order chi connectivity index (χ1) is 10.4. The van der Waals surface area contributed by atoms with E-state index in [9.17, 15) is 0 Å². The van der Waals surface area contributed by atoms with Crippen molar-refractivity contribution in [2.75, 3.05) is 6.61 Å². The van der Waals surface area contributed by atoms with Crippen LogP contribution in [-0.4, -0.2) is 11.7 Å². The summed E-state index contributed by atoms with van der Waals surface area (Å²) in [6.07, 6.45) is 26.8. The summed E-state index contributed by atoms with van der Waals surface area (Å²) >= 11 is 0. The molecule has 1 radical (unpaired) electrons. The van der Waals surface area contributed by atoms with Crippen LogP contribution in [-0.2, 0) is 0 Å². The van der Waals surface area contributed by atoms with Gasteiger partial charge >= 0.3 is 0 Å². The van der Waals surface area contributed by atoms with E-state index >= 15 is 0 Å². The quantitative estimate of drug-likeness (QED) is 0.236. The lowest BCUT2D eigenvalue weighted by atomic mass is 10.1. The number of unbranched alkanes of at least 4 members (excludes halogenated alkanes) is 14. The topological polar surface area (TPSA) is 20.2 Å². The minimum atomic E-state index is 0.311. The summed E-state index contributed by atoms with van der Waals surface area (Å²) in [5.74, 6) is 0. The summed E-state index contributed by atoms with van der Waals surface area (Å²) in [4.78, 5) is 0. The van der Waals surface area contributed by atoms with Crippen LogP contribution in [0.5, 0.6) is 0 Å². The molecule has 1 nitrogen and oxygen atoms in total. The summed E-state index contributed by atoms with van der Waals surface area (Å²) in [7, 11) is 0. The zero-order chi connectivity index (χ0) is 15.4.